The Bertz CT molecular complexity index is 551. The first-order valence-corrected chi connectivity index (χ1v) is 6.10. The van der Waals surface area contributed by atoms with Gasteiger partial charge in [-0.05, 0) is 30.3 Å². The third-order valence-corrected chi connectivity index (χ3v) is 3.45. The molecule has 8 heteroatoms. The van der Waals surface area contributed by atoms with Crippen LogP contribution in [0.4, 0.5) is 23.2 Å². The first kappa shape index (κ1) is 15.1. The fourth-order valence-electron chi connectivity index (χ4n) is 2.17. The van der Waals surface area contributed by atoms with Crippen LogP contribution in [0, 0.1) is 0 Å². The van der Waals surface area contributed by atoms with Gasteiger partial charge in [-0.25, -0.2) is 8.78 Å². The first-order chi connectivity index (χ1) is 9.27. The molecule has 1 aromatic carbocycles. The third-order valence-electron chi connectivity index (χ3n) is 3.12. The molecule has 0 saturated heterocycles. The maximum atomic E-state index is 13.6. The molecule has 110 valence electrons. The highest BCUT2D eigenvalue weighted by molar-refractivity contribution is 6.32. The molecule has 2 N–H and O–H groups in total. The van der Waals surface area contributed by atoms with Crippen LogP contribution in [0.1, 0.15) is 17.2 Å². The normalized spacial score (nSPS) is 16.2. The number of alkyl halides is 4. The van der Waals surface area contributed by atoms with Gasteiger partial charge in [0.05, 0.1) is 6.42 Å². The smallest absolute Gasteiger partial charge is 0.325 e. The predicted molar refractivity (Wildman–Crippen MR) is 66.5 cm³/mol. The summed E-state index contributed by atoms with van der Waals surface area (Å²) < 4.78 is 52.1. The number of halogens is 5. The lowest BCUT2D eigenvalue weighted by Gasteiger charge is -2.27. The van der Waals surface area contributed by atoms with E-state index in [4.69, 9.17) is 11.6 Å². The summed E-state index contributed by atoms with van der Waals surface area (Å²) in [5, 5.41) is 4.56. The van der Waals surface area contributed by atoms with Crippen LogP contribution in [-0.4, -0.2) is 25.3 Å². The fourth-order valence-corrected chi connectivity index (χ4v) is 2.44. The molecule has 1 aliphatic heterocycles. The molecule has 0 saturated carbocycles. The minimum Gasteiger partial charge on any atom is -0.325 e. The van der Waals surface area contributed by atoms with Gasteiger partial charge >= 0.3 is 12.3 Å². The van der Waals surface area contributed by atoms with Crippen molar-refractivity contribution in [3.05, 3.63) is 28.3 Å². The molecule has 0 radical (unpaired) electrons. The Balaban J connectivity index is 2.46. The van der Waals surface area contributed by atoms with Crippen LogP contribution in [0.5, 0.6) is 0 Å². The zero-order chi connectivity index (χ0) is 15.1. The van der Waals surface area contributed by atoms with Crippen LogP contribution in [0.25, 0.3) is 0 Å². The van der Waals surface area contributed by atoms with Gasteiger partial charge in [-0.1, -0.05) is 11.6 Å². The van der Waals surface area contributed by atoms with E-state index in [2.05, 4.69) is 10.6 Å². The van der Waals surface area contributed by atoms with Crippen molar-refractivity contribution in [2.75, 3.05) is 12.4 Å². The predicted octanol–water partition coefficient (Wildman–Crippen LogP) is 3.00. The molecular weight excluding hydrogens is 300 g/mol. The SMILES string of the molecule is CNC(c1cc2c(cc1Cl)NC(=O)C2)C(F)(F)C(F)F. The molecule has 1 aliphatic rings. The summed E-state index contributed by atoms with van der Waals surface area (Å²) in [5.74, 6) is -4.57. The van der Waals surface area contributed by atoms with Gasteiger partial charge in [0.2, 0.25) is 5.91 Å². The van der Waals surface area contributed by atoms with Gasteiger partial charge in [-0.3, -0.25) is 4.79 Å². The van der Waals surface area contributed by atoms with Gasteiger partial charge in [0, 0.05) is 10.7 Å². The van der Waals surface area contributed by atoms with Gasteiger partial charge in [0.25, 0.3) is 0 Å². The molecule has 0 aromatic heterocycles. The minimum absolute atomic E-state index is 0.0101. The highest BCUT2D eigenvalue weighted by atomic mass is 35.5. The fraction of sp³-hybridized carbons (Fsp3) is 0.417. The molecule has 1 unspecified atom stereocenters. The van der Waals surface area contributed by atoms with Crippen molar-refractivity contribution < 1.29 is 22.4 Å². The zero-order valence-corrected chi connectivity index (χ0v) is 11.1. The van der Waals surface area contributed by atoms with Crippen molar-refractivity contribution >= 4 is 23.2 Å². The number of rotatable bonds is 4. The number of benzene rings is 1. The standard InChI is InChI=1S/C12H11ClF4N2O/c1-18-10(12(16,17)11(14)15)6-2-5-3-9(20)19-8(5)4-7(6)13/h2,4,10-11,18H,3H2,1H3,(H,19,20). The van der Waals surface area contributed by atoms with E-state index < -0.39 is 18.4 Å². The molecule has 3 nitrogen and oxygen atoms in total. The minimum atomic E-state index is -4.28. The molecule has 0 fully saturated rings. The number of hydrogen-bond acceptors (Lipinski definition) is 2. The van der Waals surface area contributed by atoms with E-state index in [0.29, 0.717) is 11.3 Å². The molecule has 0 spiro atoms. The van der Waals surface area contributed by atoms with E-state index >= 15 is 0 Å². The average Bonchev–Trinajstić information content (AvgIpc) is 2.69. The third kappa shape index (κ3) is 2.47. The lowest BCUT2D eigenvalue weighted by atomic mass is 9.97. The average molecular weight is 311 g/mol. The van der Waals surface area contributed by atoms with Crippen LogP contribution < -0.4 is 10.6 Å². The van der Waals surface area contributed by atoms with Gasteiger partial charge in [-0.15, -0.1) is 0 Å². The van der Waals surface area contributed by atoms with Crippen molar-refractivity contribution in [3.8, 4) is 0 Å². The lowest BCUT2D eigenvalue weighted by Crippen LogP contribution is -2.41. The van der Waals surface area contributed by atoms with E-state index in [-0.39, 0.29) is 22.9 Å². The number of amides is 1. The summed E-state index contributed by atoms with van der Waals surface area (Å²) in [5.41, 5.74) is 0.716. The van der Waals surface area contributed by atoms with Crippen LogP contribution >= 0.6 is 11.6 Å². The van der Waals surface area contributed by atoms with Crippen LogP contribution in [-0.2, 0) is 11.2 Å². The number of carbonyl (C=O) groups excluding carboxylic acids is 1. The van der Waals surface area contributed by atoms with Gasteiger partial charge in [0.1, 0.15) is 6.04 Å². The summed E-state index contributed by atoms with van der Waals surface area (Å²) in [6, 6.07) is 0.617. The summed E-state index contributed by atoms with van der Waals surface area (Å²) in [4.78, 5) is 11.2. The van der Waals surface area contributed by atoms with Crippen molar-refractivity contribution in [2.45, 2.75) is 24.8 Å². The topological polar surface area (TPSA) is 41.1 Å². The van der Waals surface area contributed by atoms with Crippen molar-refractivity contribution in [1.82, 2.24) is 5.32 Å². The number of nitrogens with one attached hydrogen (secondary N) is 2. The largest absolute Gasteiger partial charge is 0.326 e. The Kier molecular flexibility index (Phi) is 3.93. The zero-order valence-electron chi connectivity index (χ0n) is 10.3. The summed E-state index contributed by atoms with van der Waals surface area (Å²) >= 11 is 5.87. The quantitative estimate of drug-likeness (QED) is 0.839. The van der Waals surface area contributed by atoms with Crippen LogP contribution in [0.15, 0.2) is 12.1 Å². The first-order valence-electron chi connectivity index (χ1n) is 5.72. The molecular formula is C12H11ClF4N2O. The van der Waals surface area contributed by atoms with Gasteiger partial charge < -0.3 is 10.6 Å². The molecule has 0 bridgehead atoms. The highest BCUT2D eigenvalue weighted by Crippen LogP contribution is 2.41. The Morgan fingerprint density at radius 3 is 2.60 bits per heavy atom. The molecule has 1 atom stereocenters. The lowest BCUT2D eigenvalue weighted by molar-refractivity contribution is -0.150. The number of carbonyl (C=O) groups is 1. The maximum Gasteiger partial charge on any atom is 0.326 e. The Labute approximate surface area is 117 Å². The van der Waals surface area contributed by atoms with Gasteiger partial charge in [0.15, 0.2) is 0 Å². The van der Waals surface area contributed by atoms with E-state index in [1.165, 1.54) is 12.1 Å². The van der Waals surface area contributed by atoms with E-state index in [9.17, 15) is 22.4 Å². The van der Waals surface area contributed by atoms with Crippen molar-refractivity contribution in [1.29, 1.82) is 0 Å². The molecule has 1 heterocycles. The van der Waals surface area contributed by atoms with Crippen molar-refractivity contribution in [3.63, 3.8) is 0 Å². The Morgan fingerprint density at radius 2 is 2.05 bits per heavy atom. The van der Waals surface area contributed by atoms with Crippen LogP contribution in [0.2, 0.25) is 5.02 Å². The van der Waals surface area contributed by atoms with E-state index in [1.54, 1.807) is 0 Å². The second-order valence-electron chi connectivity index (χ2n) is 4.45. The van der Waals surface area contributed by atoms with Crippen LogP contribution in [0.3, 0.4) is 0 Å². The second kappa shape index (κ2) is 5.21. The Hall–Kier alpha value is -1.34. The van der Waals surface area contributed by atoms with Crippen molar-refractivity contribution in [2.24, 2.45) is 0 Å². The van der Waals surface area contributed by atoms with E-state index in [0.717, 1.165) is 7.05 Å². The highest BCUT2D eigenvalue weighted by Gasteiger charge is 2.49. The summed E-state index contributed by atoms with van der Waals surface area (Å²) in [7, 11) is 1.15. The number of fused-ring (bicyclic) bond motifs is 1. The number of anilines is 1. The summed E-state index contributed by atoms with van der Waals surface area (Å²) in [6.07, 6.45) is -3.82. The van der Waals surface area contributed by atoms with E-state index in [1.807, 2.05) is 0 Å². The molecule has 1 aromatic rings. The maximum absolute atomic E-state index is 13.6. The molecule has 1 amide bonds. The number of hydrogen-bond donors (Lipinski definition) is 2. The second-order valence-corrected chi connectivity index (χ2v) is 4.86. The molecule has 2 rings (SSSR count). The monoisotopic (exact) mass is 310 g/mol. The summed E-state index contributed by atoms with van der Waals surface area (Å²) in [6.45, 7) is 0. The molecule has 0 aliphatic carbocycles. The Morgan fingerprint density at radius 1 is 1.40 bits per heavy atom. The molecule has 20 heavy (non-hydrogen) atoms. The van der Waals surface area contributed by atoms with Gasteiger partial charge in [-0.2, -0.15) is 8.78 Å².